The van der Waals surface area contributed by atoms with E-state index in [1.54, 1.807) is 0 Å². The number of nitrogens with one attached hydrogen (secondary N) is 1. The lowest BCUT2D eigenvalue weighted by molar-refractivity contribution is 0.552. The highest BCUT2D eigenvalue weighted by molar-refractivity contribution is 5.53. The van der Waals surface area contributed by atoms with E-state index in [4.69, 9.17) is 5.73 Å². The Hall–Kier alpha value is -1.02. The van der Waals surface area contributed by atoms with Gasteiger partial charge in [0.2, 0.25) is 0 Å². The van der Waals surface area contributed by atoms with Crippen LogP contribution in [0.1, 0.15) is 18.1 Å². The van der Waals surface area contributed by atoms with Crippen LogP contribution in [0.4, 0.5) is 5.69 Å². The van der Waals surface area contributed by atoms with Crippen molar-refractivity contribution in [3.05, 3.63) is 29.3 Å². The van der Waals surface area contributed by atoms with Crippen molar-refractivity contribution in [3.63, 3.8) is 0 Å². The summed E-state index contributed by atoms with van der Waals surface area (Å²) < 4.78 is 0. The largest absolute Gasteiger partial charge is 0.398 e. The lowest BCUT2D eigenvalue weighted by Gasteiger charge is -2.08. The lowest BCUT2D eigenvalue weighted by atomic mass is 10.1. The van der Waals surface area contributed by atoms with Gasteiger partial charge in [0.1, 0.15) is 0 Å². The van der Waals surface area contributed by atoms with Gasteiger partial charge in [-0.25, -0.2) is 0 Å². The molecule has 0 saturated heterocycles. The average Bonchev–Trinajstić information content (AvgIpc) is 2.49. The van der Waals surface area contributed by atoms with Crippen molar-refractivity contribution < 1.29 is 0 Å². The number of hydrogen-bond donors (Lipinski definition) is 2. The third kappa shape index (κ3) is 1.54. The fourth-order valence-electron chi connectivity index (χ4n) is 2.11. The van der Waals surface area contributed by atoms with Gasteiger partial charge in [-0.05, 0) is 36.6 Å². The summed E-state index contributed by atoms with van der Waals surface area (Å²) in [6.45, 7) is 3.19. The molecule has 1 aliphatic rings. The second-order valence-electron chi connectivity index (χ2n) is 3.65. The quantitative estimate of drug-likeness (QED) is 0.667. The molecule has 1 aliphatic carbocycles. The van der Waals surface area contributed by atoms with Crippen LogP contribution in [0.3, 0.4) is 0 Å². The number of nitrogen functional groups attached to an aromatic ring is 1. The Balaban J connectivity index is 2.20. The molecule has 0 amide bonds. The van der Waals surface area contributed by atoms with Crippen molar-refractivity contribution in [1.29, 1.82) is 0 Å². The standard InChI is InChI=1S/C11H16N2/c1-2-13-9-6-8-4-3-5-11(12)10(8)7-9/h3-5,9,13H,2,6-7,12H2,1H3. The van der Waals surface area contributed by atoms with E-state index in [0.717, 1.165) is 25.1 Å². The van der Waals surface area contributed by atoms with Gasteiger partial charge in [-0.15, -0.1) is 0 Å². The number of hydrogen-bond acceptors (Lipinski definition) is 2. The molecule has 2 nitrogen and oxygen atoms in total. The SMILES string of the molecule is CCNC1Cc2cccc(N)c2C1. The number of benzene rings is 1. The Kier molecular flexibility index (Phi) is 2.23. The molecule has 0 spiro atoms. The summed E-state index contributed by atoms with van der Waals surface area (Å²) in [6, 6.07) is 6.82. The maximum Gasteiger partial charge on any atom is 0.0349 e. The van der Waals surface area contributed by atoms with Crippen molar-refractivity contribution in [2.45, 2.75) is 25.8 Å². The maximum atomic E-state index is 5.90. The van der Waals surface area contributed by atoms with E-state index < -0.39 is 0 Å². The number of nitrogens with two attached hydrogens (primary N) is 1. The van der Waals surface area contributed by atoms with Gasteiger partial charge in [0.05, 0.1) is 0 Å². The van der Waals surface area contributed by atoms with Gasteiger partial charge in [-0.3, -0.25) is 0 Å². The predicted octanol–water partition coefficient (Wildman–Crippen LogP) is 1.35. The molecule has 1 aromatic carbocycles. The minimum absolute atomic E-state index is 0.602. The Bertz CT molecular complexity index is 307. The van der Waals surface area contributed by atoms with Gasteiger partial charge < -0.3 is 11.1 Å². The summed E-state index contributed by atoms with van der Waals surface area (Å²) in [4.78, 5) is 0. The molecule has 70 valence electrons. The predicted molar refractivity (Wildman–Crippen MR) is 55.7 cm³/mol. The summed E-state index contributed by atoms with van der Waals surface area (Å²) in [6.07, 6.45) is 2.23. The number of anilines is 1. The second kappa shape index (κ2) is 3.38. The summed E-state index contributed by atoms with van der Waals surface area (Å²) in [5, 5.41) is 3.46. The Morgan fingerprint density at radius 1 is 1.46 bits per heavy atom. The molecule has 0 saturated carbocycles. The molecule has 1 unspecified atom stereocenters. The van der Waals surface area contributed by atoms with Crippen LogP contribution in [0.25, 0.3) is 0 Å². The van der Waals surface area contributed by atoms with Crippen LogP contribution < -0.4 is 11.1 Å². The van der Waals surface area contributed by atoms with Crippen LogP contribution in [-0.2, 0) is 12.8 Å². The molecule has 0 bridgehead atoms. The Morgan fingerprint density at radius 2 is 2.31 bits per heavy atom. The fraction of sp³-hybridized carbons (Fsp3) is 0.455. The molecule has 2 heteroatoms. The van der Waals surface area contributed by atoms with Crippen LogP contribution in [0.2, 0.25) is 0 Å². The maximum absolute atomic E-state index is 5.90. The van der Waals surface area contributed by atoms with E-state index in [2.05, 4.69) is 18.3 Å². The van der Waals surface area contributed by atoms with Crippen molar-refractivity contribution >= 4 is 5.69 Å². The van der Waals surface area contributed by atoms with Gasteiger partial charge in [-0.1, -0.05) is 19.1 Å². The van der Waals surface area contributed by atoms with Crippen molar-refractivity contribution in [2.24, 2.45) is 0 Å². The minimum atomic E-state index is 0.602. The van der Waals surface area contributed by atoms with E-state index in [0.29, 0.717) is 6.04 Å². The van der Waals surface area contributed by atoms with Crippen molar-refractivity contribution in [2.75, 3.05) is 12.3 Å². The van der Waals surface area contributed by atoms with E-state index in [1.807, 2.05) is 12.1 Å². The number of rotatable bonds is 2. The average molecular weight is 176 g/mol. The first-order valence-corrected chi connectivity index (χ1v) is 4.91. The summed E-state index contributed by atoms with van der Waals surface area (Å²) in [5.41, 5.74) is 9.64. The zero-order chi connectivity index (χ0) is 9.26. The smallest absolute Gasteiger partial charge is 0.0349 e. The zero-order valence-corrected chi connectivity index (χ0v) is 8.01. The minimum Gasteiger partial charge on any atom is -0.398 e. The molecule has 1 aromatic rings. The molecule has 0 radical (unpaired) electrons. The fourth-order valence-corrected chi connectivity index (χ4v) is 2.11. The molecule has 13 heavy (non-hydrogen) atoms. The molecule has 0 aliphatic heterocycles. The topological polar surface area (TPSA) is 38.0 Å². The molecular formula is C11H16N2. The monoisotopic (exact) mass is 176 g/mol. The van der Waals surface area contributed by atoms with Crippen LogP contribution >= 0.6 is 0 Å². The summed E-state index contributed by atoms with van der Waals surface area (Å²) in [5.74, 6) is 0. The van der Waals surface area contributed by atoms with Crippen LogP contribution in [0.15, 0.2) is 18.2 Å². The second-order valence-corrected chi connectivity index (χ2v) is 3.65. The number of fused-ring (bicyclic) bond motifs is 1. The lowest BCUT2D eigenvalue weighted by Crippen LogP contribution is -2.29. The molecule has 3 N–H and O–H groups in total. The first-order valence-electron chi connectivity index (χ1n) is 4.91. The van der Waals surface area contributed by atoms with E-state index >= 15 is 0 Å². The van der Waals surface area contributed by atoms with Gasteiger partial charge in [0, 0.05) is 11.7 Å². The van der Waals surface area contributed by atoms with Crippen LogP contribution in [-0.4, -0.2) is 12.6 Å². The third-order valence-electron chi connectivity index (χ3n) is 2.72. The molecule has 0 fully saturated rings. The molecule has 0 heterocycles. The van der Waals surface area contributed by atoms with Crippen molar-refractivity contribution in [3.8, 4) is 0 Å². The molecule has 2 rings (SSSR count). The molecule has 1 atom stereocenters. The van der Waals surface area contributed by atoms with Crippen LogP contribution in [0.5, 0.6) is 0 Å². The zero-order valence-electron chi connectivity index (χ0n) is 8.01. The van der Waals surface area contributed by atoms with E-state index in [-0.39, 0.29) is 0 Å². The highest BCUT2D eigenvalue weighted by atomic mass is 14.9. The molecular weight excluding hydrogens is 160 g/mol. The van der Waals surface area contributed by atoms with E-state index in [1.165, 1.54) is 11.1 Å². The van der Waals surface area contributed by atoms with Gasteiger partial charge in [-0.2, -0.15) is 0 Å². The van der Waals surface area contributed by atoms with Crippen molar-refractivity contribution in [1.82, 2.24) is 5.32 Å². The Morgan fingerprint density at radius 3 is 3.00 bits per heavy atom. The third-order valence-corrected chi connectivity index (χ3v) is 2.72. The summed E-state index contributed by atoms with van der Waals surface area (Å²) >= 11 is 0. The van der Waals surface area contributed by atoms with Gasteiger partial charge in [0.15, 0.2) is 0 Å². The van der Waals surface area contributed by atoms with Crippen LogP contribution in [0, 0.1) is 0 Å². The number of likely N-dealkylation sites (N-methyl/N-ethyl adjacent to an activating group) is 1. The first-order chi connectivity index (χ1) is 6.31. The highest BCUT2D eigenvalue weighted by Crippen LogP contribution is 2.26. The van der Waals surface area contributed by atoms with Gasteiger partial charge >= 0.3 is 0 Å². The van der Waals surface area contributed by atoms with E-state index in [9.17, 15) is 0 Å². The highest BCUT2D eigenvalue weighted by Gasteiger charge is 2.21. The summed E-state index contributed by atoms with van der Waals surface area (Å²) in [7, 11) is 0. The Labute approximate surface area is 79.1 Å². The molecule has 0 aromatic heterocycles. The normalized spacial score (nSPS) is 20.2. The first kappa shape index (κ1) is 8.57. The van der Waals surface area contributed by atoms with Gasteiger partial charge in [0.25, 0.3) is 0 Å².